The molecule has 0 aromatic heterocycles. The molecule has 0 amide bonds. The third-order valence-corrected chi connectivity index (χ3v) is 1.97. The van der Waals surface area contributed by atoms with Crippen LogP contribution in [0, 0.1) is 0 Å². The summed E-state index contributed by atoms with van der Waals surface area (Å²) < 4.78 is 0. The smallest absolute Gasteiger partial charge is 0.101 e. The Morgan fingerprint density at radius 1 is 0.857 bits per heavy atom. The fourth-order valence-electron chi connectivity index (χ4n) is 0.986. The molecular formula is C12H18Cl2. The maximum atomic E-state index is 5.53. The first-order valence-corrected chi connectivity index (χ1v) is 5.85. The number of rotatable bonds is 7. The Labute approximate surface area is 97.3 Å². The fraction of sp³-hybridized carbons (Fsp3) is 0.500. The zero-order chi connectivity index (χ0) is 10.6. The highest BCUT2D eigenvalue weighted by Gasteiger charge is 1.86. The summed E-state index contributed by atoms with van der Waals surface area (Å²) in [5.41, 5.74) is 0. The second-order valence-corrected chi connectivity index (χ2v) is 4.12. The third kappa shape index (κ3) is 11.8. The summed E-state index contributed by atoms with van der Waals surface area (Å²) in [5.74, 6) is 0. The van der Waals surface area contributed by atoms with Gasteiger partial charge in [0.25, 0.3) is 0 Å². The van der Waals surface area contributed by atoms with E-state index in [4.69, 9.17) is 23.2 Å². The van der Waals surface area contributed by atoms with E-state index in [1.165, 1.54) is 0 Å². The van der Waals surface area contributed by atoms with Crippen LogP contribution in [0.5, 0.6) is 0 Å². The van der Waals surface area contributed by atoms with Gasteiger partial charge in [0.1, 0.15) is 4.84 Å². The highest BCUT2D eigenvalue weighted by molar-refractivity contribution is 6.45. The van der Waals surface area contributed by atoms with Gasteiger partial charge in [0.2, 0.25) is 0 Å². The normalized spacial score (nSPS) is 12.9. The molecule has 0 N–H and O–H groups in total. The van der Waals surface area contributed by atoms with Crippen molar-refractivity contribution in [2.24, 2.45) is 0 Å². The molecular weight excluding hydrogens is 215 g/mol. The molecule has 0 atom stereocenters. The molecule has 0 unspecified atom stereocenters. The first kappa shape index (κ1) is 13.8. The van der Waals surface area contributed by atoms with Crippen LogP contribution < -0.4 is 0 Å². The van der Waals surface area contributed by atoms with Crippen molar-refractivity contribution in [3.8, 4) is 0 Å². The van der Waals surface area contributed by atoms with Crippen molar-refractivity contribution < 1.29 is 0 Å². The average Bonchev–Trinajstić information content (AvgIpc) is 2.15. The minimum Gasteiger partial charge on any atom is -0.101 e. The maximum Gasteiger partial charge on any atom is 0.125 e. The van der Waals surface area contributed by atoms with Crippen LogP contribution in [0.2, 0.25) is 0 Å². The van der Waals surface area contributed by atoms with Gasteiger partial charge in [-0.1, -0.05) is 36.5 Å². The first-order valence-electron chi connectivity index (χ1n) is 4.98. The molecule has 0 radical (unpaired) electrons. The Kier molecular flexibility index (Phi) is 10.7. The quantitative estimate of drug-likeness (QED) is 0.328. The maximum absolute atomic E-state index is 5.53. The molecule has 0 aliphatic rings. The van der Waals surface area contributed by atoms with Gasteiger partial charge in [-0.05, 0) is 32.6 Å². The van der Waals surface area contributed by atoms with Crippen molar-refractivity contribution in [2.75, 3.05) is 0 Å². The lowest BCUT2D eigenvalue weighted by atomic mass is 10.2. The lowest BCUT2D eigenvalue weighted by Gasteiger charge is -1.89. The van der Waals surface area contributed by atoms with Gasteiger partial charge in [0.15, 0.2) is 0 Å². The summed E-state index contributed by atoms with van der Waals surface area (Å²) in [7, 11) is 0. The Morgan fingerprint density at radius 3 is 1.86 bits per heavy atom. The van der Waals surface area contributed by atoms with Crippen molar-refractivity contribution in [1.82, 2.24) is 0 Å². The molecule has 2 heteroatoms. The molecule has 0 nitrogen and oxygen atoms in total. The van der Waals surface area contributed by atoms with E-state index < -0.39 is 0 Å². The van der Waals surface area contributed by atoms with Gasteiger partial charge in [-0.3, -0.25) is 0 Å². The highest BCUT2D eigenvalue weighted by Crippen LogP contribution is 2.04. The Hall–Kier alpha value is -0.200. The molecule has 0 aliphatic heterocycles. The van der Waals surface area contributed by atoms with Gasteiger partial charge in [0, 0.05) is 0 Å². The molecule has 14 heavy (non-hydrogen) atoms. The molecule has 0 aromatic carbocycles. The number of halogens is 2. The predicted molar refractivity (Wildman–Crippen MR) is 67.1 cm³/mol. The van der Waals surface area contributed by atoms with Crippen molar-refractivity contribution in [2.45, 2.75) is 37.4 Å². The highest BCUT2D eigenvalue weighted by atomic mass is 35.5. The van der Waals surface area contributed by atoms with Gasteiger partial charge in [-0.2, -0.15) is 0 Å². The van der Waals surface area contributed by atoms with Crippen LogP contribution in [0.1, 0.15) is 32.6 Å². The van der Waals surface area contributed by atoms with Crippen molar-refractivity contribution in [3.63, 3.8) is 0 Å². The van der Waals surface area contributed by atoms with Gasteiger partial charge >= 0.3 is 0 Å². The van der Waals surface area contributed by atoms with E-state index in [1.807, 2.05) is 13.0 Å². The monoisotopic (exact) mass is 232 g/mol. The third-order valence-electron chi connectivity index (χ3n) is 1.68. The Morgan fingerprint density at radius 2 is 1.36 bits per heavy atom. The summed E-state index contributed by atoms with van der Waals surface area (Å²) in [6.07, 6.45) is 16.8. The minimum absolute atomic E-state index is 0.367. The van der Waals surface area contributed by atoms with Gasteiger partial charge in [-0.15, -0.1) is 23.2 Å². The van der Waals surface area contributed by atoms with Crippen LogP contribution in [0.4, 0.5) is 0 Å². The first-order chi connectivity index (χ1) is 6.77. The number of allylic oxidation sites excluding steroid dienone is 6. The molecule has 0 heterocycles. The van der Waals surface area contributed by atoms with E-state index in [2.05, 4.69) is 24.3 Å². The van der Waals surface area contributed by atoms with Crippen molar-refractivity contribution >= 4 is 23.2 Å². The van der Waals surface area contributed by atoms with Crippen LogP contribution in [-0.4, -0.2) is 4.84 Å². The van der Waals surface area contributed by atoms with Crippen LogP contribution in [0.3, 0.4) is 0 Å². The van der Waals surface area contributed by atoms with E-state index >= 15 is 0 Å². The number of hydrogen-bond donors (Lipinski definition) is 0. The zero-order valence-electron chi connectivity index (χ0n) is 8.63. The molecule has 0 aromatic rings. The molecule has 0 aliphatic carbocycles. The Balaban J connectivity index is 3.27. The second kappa shape index (κ2) is 10.9. The second-order valence-electron chi connectivity index (χ2n) is 2.96. The average molecular weight is 233 g/mol. The van der Waals surface area contributed by atoms with Crippen LogP contribution >= 0.6 is 23.2 Å². The topological polar surface area (TPSA) is 0 Å². The van der Waals surface area contributed by atoms with E-state index in [1.54, 1.807) is 6.08 Å². The van der Waals surface area contributed by atoms with Crippen molar-refractivity contribution in [1.29, 1.82) is 0 Å². The van der Waals surface area contributed by atoms with Gasteiger partial charge in [-0.25, -0.2) is 0 Å². The fourth-order valence-corrected chi connectivity index (χ4v) is 1.19. The summed E-state index contributed by atoms with van der Waals surface area (Å²) in [5, 5.41) is 0. The molecule has 0 bridgehead atoms. The largest absolute Gasteiger partial charge is 0.125 e. The predicted octanol–water partition coefficient (Wildman–Crippen LogP) is 5.04. The lowest BCUT2D eigenvalue weighted by molar-refractivity contribution is 1.00. The molecule has 0 rings (SSSR count). The standard InChI is InChI=1S/C12H18Cl2/c1-2-3-4-5-6-7-8-9-10-11-12(13)14/h2-3,6-7,10-12H,4-5,8-9H2,1H3/b3-2+,7-6+,11-10+. The van der Waals surface area contributed by atoms with Crippen LogP contribution in [0.15, 0.2) is 36.5 Å². The molecule has 0 spiro atoms. The number of hydrogen-bond acceptors (Lipinski definition) is 0. The molecule has 0 saturated heterocycles. The zero-order valence-corrected chi connectivity index (χ0v) is 10.1. The molecule has 80 valence electrons. The molecule has 0 saturated carbocycles. The summed E-state index contributed by atoms with van der Waals surface area (Å²) in [4.78, 5) is -0.367. The number of alkyl halides is 2. The van der Waals surface area contributed by atoms with E-state index in [0.29, 0.717) is 0 Å². The van der Waals surface area contributed by atoms with Gasteiger partial charge in [0.05, 0.1) is 0 Å². The summed E-state index contributed by atoms with van der Waals surface area (Å²) in [6, 6.07) is 0. The number of unbranched alkanes of at least 4 members (excludes halogenated alkanes) is 2. The van der Waals surface area contributed by atoms with E-state index in [9.17, 15) is 0 Å². The summed E-state index contributed by atoms with van der Waals surface area (Å²) >= 11 is 11.1. The van der Waals surface area contributed by atoms with E-state index in [-0.39, 0.29) is 4.84 Å². The Bertz CT molecular complexity index is 190. The summed E-state index contributed by atoms with van der Waals surface area (Å²) in [6.45, 7) is 2.04. The van der Waals surface area contributed by atoms with Gasteiger partial charge < -0.3 is 0 Å². The van der Waals surface area contributed by atoms with Crippen molar-refractivity contribution in [3.05, 3.63) is 36.5 Å². The van der Waals surface area contributed by atoms with Crippen LogP contribution in [-0.2, 0) is 0 Å². The lowest BCUT2D eigenvalue weighted by Crippen LogP contribution is -1.75. The SMILES string of the molecule is C/C=C/CC/C=C/CC/C=C/C(Cl)Cl. The van der Waals surface area contributed by atoms with Crippen LogP contribution in [0.25, 0.3) is 0 Å². The van der Waals surface area contributed by atoms with E-state index in [0.717, 1.165) is 25.7 Å². The minimum atomic E-state index is -0.367. The molecule has 0 fully saturated rings.